The smallest absolute Gasteiger partial charge is 0.308 e. The molecule has 242 valence electrons. The lowest BCUT2D eigenvalue weighted by Gasteiger charge is -2.38. The fourth-order valence-corrected chi connectivity index (χ4v) is 8.78. The molecule has 2 atom stereocenters. The van der Waals surface area contributed by atoms with Crippen LogP contribution < -0.4 is 10.6 Å². The van der Waals surface area contributed by atoms with Crippen LogP contribution in [-0.2, 0) is 21.9 Å². The van der Waals surface area contributed by atoms with E-state index >= 15 is 0 Å². The summed E-state index contributed by atoms with van der Waals surface area (Å²) in [6.07, 6.45) is 3.97. The number of sulfonamides is 1. The van der Waals surface area contributed by atoms with Gasteiger partial charge in [0.25, 0.3) is 0 Å². The van der Waals surface area contributed by atoms with Crippen LogP contribution in [0.2, 0.25) is 5.02 Å². The number of urea groups is 1. The van der Waals surface area contributed by atoms with E-state index in [0.717, 1.165) is 60.7 Å². The van der Waals surface area contributed by atoms with Crippen LogP contribution in [-0.4, -0.2) is 40.6 Å². The number of aromatic nitrogens is 2. The van der Waals surface area contributed by atoms with Crippen molar-refractivity contribution < 1.29 is 17.6 Å². The zero-order chi connectivity index (χ0) is 32.8. The van der Waals surface area contributed by atoms with E-state index in [2.05, 4.69) is 31.4 Å². The number of nitrogens with zero attached hydrogens (tertiary/aromatic N) is 3. The zero-order valence-electron chi connectivity index (χ0n) is 26.4. The topological polar surface area (TPSA) is 96.3 Å². The Morgan fingerprint density at radius 2 is 1.61 bits per heavy atom. The van der Waals surface area contributed by atoms with Crippen LogP contribution in [0.4, 0.5) is 20.7 Å². The molecule has 2 amide bonds. The Bertz CT molecular complexity index is 1840. The predicted molar refractivity (Wildman–Crippen MR) is 180 cm³/mol. The van der Waals surface area contributed by atoms with Gasteiger partial charge in [-0.3, -0.25) is 5.32 Å². The van der Waals surface area contributed by atoms with Crippen LogP contribution in [0.15, 0.2) is 77.7 Å². The molecule has 4 aromatic rings. The second kappa shape index (κ2) is 12.5. The maximum Gasteiger partial charge on any atom is 0.324 e. The van der Waals surface area contributed by atoms with E-state index in [4.69, 9.17) is 16.7 Å². The zero-order valence-corrected chi connectivity index (χ0v) is 28.0. The van der Waals surface area contributed by atoms with Crippen LogP contribution in [0.1, 0.15) is 63.3 Å². The van der Waals surface area contributed by atoms with Crippen LogP contribution in [0.3, 0.4) is 0 Å². The van der Waals surface area contributed by atoms with Gasteiger partial charge in [0.05, 0.1) is 21.3 Å². The minimum absolute atomic E-state index is 0.0376. The first kappa shape index (κ1) is 32.2. The molecule has 0 aliphatic carbocycles. The molecular formula is C35H39ClFN5O3S. The lowest BCUT2D eigenvalue weighted by Crippen LogP contribution is -2.46. The van der Waals surface area contributed by atoms with E-state index in [1.165, 1.54) is 12.1 Å². The van der Waals surface area contributed by atoms with E-state index in [9.17, 15) is 17.6 Å². The fraction of sp³-hybridized carbons (Fsp3) is 0.371. The van der Waals surface area contributed by atoms with Crippen molar-refractivity contribution in [2.45, 2.75) is 82.2 Å². The molecule has 2 fully saturated rings. The lowest BCUT2D eigenvalue weighted by molar-refractivity contribution is 0.190. The Balaban J connectivity index is 1.08. The lowest BCUT2D eigenvalue weighted by atomic mass is 9.87. The predicted octanol–water partition coefficient (Wildman–Crippen LogP) is 8.09. The van der Waals surface area contributed by atoms with E-state index in [0.29, 0.717) is 17.4 Å². The average molecular weight is 664 g/mol. The maximum absolute atomic E-state index is 13.7. The molecule has 11 heteroatoms. The normalized spacial score (nSPS) is 20.1. The molecule has 2 aliphatic heterocycles. The summed E-state index contributed by atoms with van der Waals surface area (Å²) in [7, 11) is -3.77. The molecule has 0 spiro atoms. The number of benzene rings is 3. The van der Waals surface area contributed by atoms with Crippen molar-refractivity contribution in [3.05, 3.63) is 100 Å². The molecular weight excluding hydrogens is 625 g/mol. The van der Waals surface area contributed by atoms with Crippen molar-refractivity contribution in [2.24, 2.45) is 5.92 Å². The van der Waals surface area contributed by atoms with Crippen molar-refractivity contribution in [2.75, 3.05) is 10.6 Å². The molecule has 2 aliphatic rings. The number of amides is 2. The highest BCUT2D eigenvalue weighted by Crippen LogP contribution is 2.43. The number of halogens is 2. The van der Waals surface area contributed by atoms with Crippen molar-refractivity contribution >= 4 is 39.2 Å². The van der Waals surface area contributed by atoms with Gasteiger partial charge in [-0.15, -0.1) is 0 Å². The van der Waals surface area contributed by atoms with Gasteiger partial charge in [-0.25, -0.2) is 22.3 Å². The average Bonchev–Trinajstić information content (AvgIpc) is 3.55. The van der Waals surface area contributed by atoms with Gasteiger partial charge in [0.15, 0.2) is 0 Å². The quantitative estimate of drug-likeness (QED) is 0.209. The van der Waals surface area contributed by atoms with Crippen LogP contribution in [0.5, 0.6) is 0 Å². The SMILES string of the molecule is Cc1ccc(-n2nc(C(C)(C)C)cc2NC(=O)Nc2ccc(CC3CC4CCC(C3)N4S(=O)(=O)c3ccc(F)c(Cl)c3)cc2)cc1. The summed E-state index contributed by atoms with van der Waals surface area (Å²) in [6.45, 7) is 8.28. The molecule has 2 N–H and O–H groups in total. The highest BCUT2D eigenvalue weighted by atomic mass is 35.5. The number of nitrogens with one attached hydrogen (secondary N) is 2. The summed E-state index contributed by atoms with van der Waals surface area (Å²) >= 11 is 5.90. The van der Waals surface area contributed by atoms with Gasteiger partial charge in [0.2, 0.25) is 10.0 Å². The van der Waals surface area contributed by atoms with Crippen molar-refractivity contribution in [1.29, 1.82) is 0 Å². The van der Waals surface area contributed by atoms with Crippen molar-refractivity contribution in [3.63, 3.8) is 0 Å². The number of anilines is 2. The third-order valence-electron chi connectivity index (χ3n) is 8.96. The van der Waals surface area contributed by atoms with Gasteiger partial charge in [0.1, 0.15) is 11.6 Å². The Kier molecular flexibility index (Phi) is 8.73. The largest absolute Gasteiger partial charge is 0.324 e. The van der Waals surface area contributed by atoms with Gasteiger partial charge in [-0.2, -0.15) is 9.40 Å². The molecule has 6 rings (SSSR count). The molecule has 3 heterocycles. The second-order valence-electron chi connectivity index (χ2n) is 13.5. The summed E-state index contributed by atoms with van der Waals surface area (Å²) in [5.41, 5.74) is 4.46. The molecule has 0 saturated carbocycles. The van der Waals surface area contributed by atoms with Gasteiger partial charge in [0, 0.05) is 29.3 Å². The summed E-state index contributed by atoms with van der Waals surface area (Å²) < 4.78 is 44.0. The minimum Gasteiger partial charge on any atom is -0.308 e. The second-order valence-corrected chi connectivity index (χ2v) is 15.8. The molecule has 1 aromatic heterocycles. The molecule has 2 unspecified atom stereocenters. The van der Waals surface area contributed by atoms with E-state index in [1.54, 1.807) is 8.99 Å². The van der Waals surface area contributed by atoms with Crippen molar-refractivity contribution in [1.82, 2.24) is 14.1 Å². The van der Waals surface area contributed by atoms with Crippen LogP contribution >= 0.6 is 11.6 Å². The Hall–Kier alpha value is -3.73. The summed E-state index contributed by atoms with van der Waals surface area (Å²) in [5, 5.41) is 10.5. The number of carbonyl (C=O) groups excluding carboxylic acids is 1. The third-order valence-corrected chi connectivity index (χ3v) is 11.3. The molecule has 3 aromatic carbocycles. The first-order chi connectivity index (χ1) is 21.8. The number of piperidine rings is 1. The number of aryl methyl sites for hydroxylation is 1. The number of rotatable bonds is 7. The summed E-state index contributed by atoms with van der Waals surface area (Å²) in [6, 6.07) is 20.7. The number of hydrogen-bond acceptors (Lipinski definition) is 4. The van der Waals surface area contributed by atoms with Gasteiger partial charge < -0.3 is 5.32 Å². The molecule has 46 heavy (non-hydrogen) atoms. The van der Waals surface area contributed by atoms with Gasteiger partial charge in [-0.1, -0.05) is 62.2 Å². The minimum atomic E-state index is -3.77. The highest BCUT2D eigenvalue weighted by molar-refractivity contribution is 7.89. The monoisotopic (exact) mass is 663 g/mol. The van der Waals surface area contributed by atoms with E-state index in [-0.39, 0.29) is 33.4 Å². The van der Waals surface area contributed by atoms with E-state index < -0.39 is 15.8 Å². The van der Waals surface area contributed by atoms with Gasteiger partial charge >= 0.3 is 6.03 Å². The summed E-state index contributed by atoms with van der Waals surface area (Å²) in [4.78, 5) is 13.1. The third kappa shape index (κ3) is 6.70. The number of hydrogen-bond donors (Lipinski definition) is 2. The Morgan fingerprint density at radius 3 is 2.22 bits per heavy atom. The molecule has 2 saturated heterocycles. The van der Waals surface area contributed by atoms with Crippen LogP contribution in [0, 0.1) is 18.7 Å². The van der Waals surface area contributed by atoms with E-state index in [1.807, 2.05) is 61.5 Å². The highest BCUT2D eigenvalue weighted by Gasteiger charge is 2.47. The first-order valence-corrected chi connectivity index (χ1v) is 17.4. The van der Waals surface area contributed by atoms with Crippen LogP contribution in [0.25, 0.3) is 5.69 Å². The first-order valence-electron chi connectivity index (χ1n) is 15.6. The molecule has 8 nitrogen and oxygen atoms in total. The number of carbonyl (C=O) groups is 1. The maximum atomic E-state index is 13.7. The fourth-order valence-electron chi connectivity index (χ4n) is 6.62. The van der Waals surface area contributed by atoms with Crippen molar-refractivity contribution in [3.8, 4) is 5.69 Å². The number of fused-ring (bicyclic) bond motifs is 2. The standard InChI is InChI=1S/C35H39ClFN5O3S/c1-22-5-11-26(12-6-22)41-33(21-32(40-41)35(2,3)4)39-34(43)38-25-9-7-23(8-10-25)17-24-18-27-13-14-28(19-24)42(27)46(44,45)29-15-16-31(37)30(36)20-29/h5-12,15-16,20-21,24,27-28H,13-14,17-19H2,1-4H3,(H2,38,39,43). The van der Waals surface area contributed by atoms with Gasteiger partial charge in [-0.05, 0) is 93.0 Å². The Morgan fingerprint density at radius 1 is 0.957 bits per heavy atom. The molecule has 2 bridgehead atoms. The molecule has 0 radical (unpaired) electrons. The summed E-state index contributed by atoms with van der Waals surface area (Å²) in [5.74, 6) is 0.278. The Labute approximate surface area is 275 Å².